The number of carboxylic acids is 1. The van der Waals surface area contributed by atoms with Gasteiger partial charge >= 0.3 is 5.97 Å². The Morgan fingerprint density at radius 1 is 1.19 bits per heavy atom. The minimum Gasteiger partial charge on any atom is -0.489 e. The molecule has 1 N–H and O–H groups in total. The first kappa shape index (κ1) is 20.0. The van der Waals surface area contributed by atoms with Crippen molar-refractivity contribution in [2.45, 2.75) is 19.6 Å². The largest absolute Gasteiger partial charge is 0.489 e. The molecule has 1 aromatic heterocycles. The molecule has 0 aliphatic carbocycles. The van der Waals surface area contributed by atoms with Crippen LogP contribution in [0.4, 0.5) is 0 Å². The number of carboxylic acid groups (broad SMARTS) is 1. The molecule has 154 valence electrons. The molecule has 0 aliphatic heterocycles. The van der Waals surface area contributed by atoms with Gasteiger partial charge < -0.3 is 19.0 Å². The van der Waals surface area contributed by atoms with E-state index >= 15 is 0 Å². The number of carbonyl (C=O) groups is 1. The second-order valence-corrected chi connectivity index (χ2v) is 6.91. The second-order valence-electron chi connectivity index (χ2n) is 6.91. The summed E-state index contributed by atoms with van der Waals surface area (Å²) < 4.78 is 16.8. The molecular formula is C24H18N2O5. The highest BCUT2D eigenvalue weighted by molar-refractivity contribution is 5.76. The van der Waals surface area contributed by atoms with E-state index in [1.165, 1.54) is 6.39 Å². The zero-order chi connectivity index (χ0) is 21.8. The minimum atomic E-state index is -1.29. The van der Waals surface area contributed by atoms with Gasteiger partial charge in [-0.25, -0.2) is 9.78 Å². The third-order valence-electron chi connectivity index (χ3n) is 4.81. The van der Waals surface area contributed by atoms with E-state index < -0.39 is 12.1 Å². The van der Waals surface area contributed by atoms with Crippen LogP contribution in [0.1, 0.15) is 28.4 Å². The van der Waals surface area contributed by atoms with E-state index in [1.54, 1.807) is 49.4 Å². The molecule has 0 aliphatic rings. The van der Waals surface area contributed by atoms with Gasteiger partial charge in [0.1, 0.15) is 29.7 Å². The molecule has 0 spiro atoms. The maximum Gasteiger partial charge on any atom is 0.349 e. The van der Waals surface area contributed by atoms with E-state index in [4.69, 9.17) is 13.9 Å². The van der Waals surface area contributed by atoms with Gasteiger partial charge in [0.05, 0.1) is 5.56 Å². The SMILES string of the molecule is Cc1ccc(OCc2ccc3ocnc3c2)cc1C(Oc1ccccc1C#N)C(=O)O. The van der Waals surface area contributed by atoms with Crippen molar-refractivity contribution < 1.29 is 23.8 Å². The standard InChI is InChI=1S/C24H18N2O5/c1-15-6-8-18(29-13-16-7-9-22-20(10-16)26-14-30-22)11-19(15)23(24(27)28)31-21-5-3-2-4-17(21)12-25/h2-11,14,23H,13H2,1H3,(H,27,28). The molecule has 7 heteroatoms. The number of hydrogen-bond donors (Lipinski definition) is 1. The summed E-state index contributed by atoms with van der Waals surface area (Å²) in [5, 5.41) is 19.1. The predicted molar refractivity (Wildman–Crippen MR) is 112 cm³/mol. The number of nitriles is 1. The van der Waals surface area contributed by atoms with Gasteiger partial charge in [-0.15, -0.1) is 0 Å². The number of benzene rings is 3. The normalized spacial score (nSPS) is 11.6. The summed E-state index contributed by atoms with van der Waals surface area (Å²) in [4.78, 5) is 16.1. The van der Waals surface area contributed by atoms with Gasteiger partial charge in [-0.2, -0.15) is 5.26 Å². The van der Waals surface area contributed by atoms with E-state index in [-0.39, 0.29) is 17.9 Å². The summed E-state index contributed by atoms with van der Waals surface area (Å²) in [7, 11) is 0. The van der Waals surface area contributed by atoms with Crippen molar-refractivity contribution in [2.24, 2.45) is 0 Å². The number of aliphatic carboxylic acids is 1. The van der Waals surface area contributed by atoms with Crippen molar-refractivity contribution in [3.05, 3.63) is 89.3 Å². The predicted octanol–water partition coefficient (Wildman–Crippen LogP) is 4.79. The summed E-state index contributed by atoms with van der Waals surface area (Å²) in [6.07, 6.45) is 0.0995. The maximum absolute atomic E-state index is 12.0. The van der Waals surface area contributed by atoms with Gasteiger partial charge in [-0.05, 0) is 54.4 Å². The van der Waals surface area contributed by atoms with Crippen LogP contribution in [0, 0.1) is 18.3 Å². The number of aromatic nitrogens is 1. The molecule has 4 aromatic rings. The van der Waals surface area contributed by atoms with E-state index in [1.807, 2.05) is 24.3 Å². The van der Waals surface area contributed by atoms with Gasteiger partial charge in [0, 0.05) is 5.56 Å². The lowest BCUT2D eigenvalue weighted by Gasteiger charge is -2.19. The van der Waals surface area contributed by atoms with E-state index in [9.17, 15) is 15.2 Å². The average Bonchev–Trinajstić information content (AvgIpc) is 3.25. The fraction of sp³-hybridized carbons (Fsp3) is 0.125. The van der Waals surface area contributed by atoms with Crippen LogP contribution in [-0.4, -0.2) is 16.1 Å². The van der Waals surface area contributed by atoms with Crippen LogP contribution in [0.3, 0.4) is 0 Å². The zero-order valence-electron chi connectivity index (χ0n) is 16.6. The van der Waals surface area contributed by atoms with Crippen LogP contribution in [0.15, 0.2) is 71.5 Å². The minimum absolute atomic E-state index is 0.212. The Hall–Kier alpha value is -4.31. The van der Waals surface area contributed by atoms with Crippen LogP contribution in [0.5, 0.6) is 11.5 Å². The van der Waals surface area contributed by atoms with Crippen molar-refractivity contribution in [1.29, 1.82) is 5.26 Å². The van der Waals surface area contributed by atoms with E-state index in [0.29, 0.717) is 16.9 Å². The average molecular weight is 414 g/mol. The lowest BCUT2D eigenvalue weighted by Crippen LogP contribution is -2.19. The summed E-state index contributed by atoms with van der Waals surface area (Å²) in [5.41, 5.74) is 3.78. The van der Waals surface area contributed by atoms with Crippen molar-refractivity contribution >= 4 is 17.1 Å². The topological polar surface area (TPSA) is 106 Å². The Labute approximate surface area is 178 Å². The lowest BCUT2D eigenvalue weighted by atomic mass is 10.0. The third-order valence-corrected chi connectivity index (χ3v) is 4.81. The Balaban J connectivity index is 1.57. The highest BCUT2D eigenvalue weighted by Crippen LogP contribution is 2.30. The van der Waals surface area contributed by atoms with Gasteiger partial charge in [-0.3, -0.25) is 0 Å². The quantitative estimate of drug-likeness (QED) is 0.463. The summed E-state index contributed by atoms with van der Waals surface area (Å²) in [6, 6.07) is 19.3. The van der Waals surface area contributed by atoms with Crippen molar-refractivity contribution in [2.75, 3.05) is 0 Å². The fourth-order valence-electron chi connectivity index (χ4n) is 3.19. The molecule has 4 rings (SSSR count). The van der Waals surface area contributed by atoms with Crippen LogP contribution >= 0.6 is 0 Å². The van der Waals surface area contributed by atoms with Gasteiger partial charge in [-0.1, -0.05) is 24.3 Å². The molecule has 0 bridgehead atoms. The molecule has 1 heterocycles. The van der Waals surface area contributed by atoms with Crippen molar-refractivity contribution in [3.8, 4) is 17.6 Å². The number of para-hydroxylation sites is 1. The summed E-state index contributed by atoms with van der Waals surface area (Å²) in [6.45, 7) is 2.08. The Morgan fingerprint density at radius 3 is 2.84 bits per heavy atom. The Morgan fingerprint density at radius 2 is 2.03 bits per heavy atom. The van der Waals surface area contributed by atoms with E-state index in [2.05, 4.69) is 4.98 Å². The molecule has 1 atom stereocenters. The van der Waals surface area contributed by atoms with Crippen LogP contribution in [0.25, 0.3) is 11.1 Å². The first-order valence-electron chi connectivity index (χ1n) is 9.49. The fourth-order valence-corrected chi connectivity index (χ4v) is 3.19. The smallest absolute Gasteiger partial charge is 0.349 e. The zero-order valence-corrected chi connectivity index (χ0v) is 16.6. The number of hydrogen-bond acceptors (Lipinski definition) is 6. The monoisotopic (exact) mass is 414 g/mol. The molecule has 0 saturated carbocycles. The molecule has 0 radical (unpaired) electrons. The highest BCUT2D eigenvalue weighted by Gasteiger charge is 2.25. The molecule has 7 nitrogen and oxygen atoms in total. The second kappa shape index (κ2) is 8.59. The van der Waals surface area contributed by atoms with Crippen LogP contribution in [-0.2, 0) is 11.4 Å². The third kappa shape index (κ3) is 4.33. The lowest BCUT2D eigenvalue weighted by molar-refractivity contribution is -0.145. The number of ether oxygens (including phenoxy) is 2. The van der Waals surface area contributed by atoms with Gasteiger partial charge in [0.25, 0.3) is 0 Å². The number of rotatable bonds is 7. The Bertz CT molecular complexity index is 1290. The number of oxazole rings is 1. The molecule has 0 fully saturated rings. The summed E-state index contributed by atoms with van der Waals surface area (Å²) in [5.74, 6) is -0.446. The maximum atomic E-state index is 12.0. The van der Waals surface area contributed by atoms with E-state index in [0.717, 1.165) is 16.6 Å². The first-order valence-corrected chi connectivity index (χ1v) is 9.49. The number of nitrogens with zero attached hydrogens (tertiary/aromatic N) is 2. The molecule has 3 aromatic carbocycles. The van der Waals surface area contributed by atoms with Crippen LogP contribution < -0.4 is 9.47 Å². The van der Waals surface area contributed by atoms with Crippen LogP contribution in [0.2, 0.25) is 0 Å². The highest BCUT2D eigenvalue weighted by atomic mass is 16.5. The molecule has 0 saturated heterocycles. The van der Waals surface area contributed by atoms with Gasteiger partial charge in [0.15, 0.2) is 12.0 Å². The summed E-state index contributed by atoms with van der Waals surface area (Å²) >= 11 is 0. The first-order chi connectivity index (χ1) is 15.0. The molecule has 31 heavy (non-hydrogen) atoms. The molecule has 0 amide bonds. The molecular weight excluding hydrogens is 396 g/mol. The Kier molecular flexibility index (Phi) is 5.54. The van der Waals surface area contributed by atoms with Crippen molar-refractivity contribution in [3.63, 3.8) is 0 Å². The van der Waals surface area contributed by atoms with Gasteiger partial charge in [0.2, 0.25) is 6.10 Å². The number of aryl methyl sites for hydroxylation is 1. The number of fused-ring (bicyclic) bond motifs is 1. The molecule has 1 unspecified atom stereocenters. The van der Waals surface area contributed by atoms with Crippen molar-refractivity contribution in [1.82, 2.24) is 4.98 Å².